The smallest absolute Gasteiger partial charge is 0.141 e. The standard InChI is InChI=1S/C11H14O2/c1-10(2)11(12,8-13-10)9-6-4-3-5-7-9/h3-7,12H,8H2,1-2H3. The van der Waals surface area contributed by atoms with E-state index in [-0.39, 0.29) is 0 Å². The molecular formula is C11H14O2. The Hall–Kier alpha value is -0.860. The minimum atomic E-state index is -0.811. The normalized spacial score (nSPS) is 31.0. The van der Waals surface area contributed by atoms with Crippen LogP contribution in [0.5, 0.6) is 0 Å². The molecule has 0 amide bonds. The predicted octanol–water partition coefficient (Wildman–Crippen LogP) is 1.68. The summed E-state index contributed by atoms with van der Waals surface area (Å²) < 4.78 is 5.34. The Morgan fingerprint density at radius 2 is 1.85 bits per heavy atom. The first kappa shape index (κ1) is 8.73. The molecule has 2 rings (SSSR count). The van der Waals surface area contributed by atoms with E-state index in [0.717, 1.165) is 5.56 Å². The van der Waals surface area contributed by atoms with E-state index in [0.29, 0.717) is 6.61 Å². The van der Waals surface area contributed by atoms with Gasteiger partial charge in [-0.1, -0.05) is 30.3 Å². The van der Waals surface area contributed by atoms with Crippen molar-refractivity contribution in [2.45, 2.75) is 25.0 Å². The molecule has 0 radical (unpaired) electrons. The summed E-state index contributed by atoms with van der Waals surface area (Å²) in [6.45, 7) is 4.21. The lowest BCUT2D eigenvalue weighted by molar-refractivity contribution is -0.296. The zero-order chi connectivity index (χ0) is 9.53. The maximum atomic E-state index is 10.3. The number of hydrogen-bond donors (Lipinski definition) is 1. The zero-order valence-corrected chi connectivity index (χ0v) is 7.95. The van der Waals surface area contributed by atoms with Crippen LogP contribution in [0.1, 0.15) is 19.4 Å². The van der Waals surface area contributed by atoms with Gasteiger partial charge in [-0.25, -0.2) is 0 Å². The van der Waals surface area contributed by atoms with Gasteiger partial charge in [0.1, 0.15) is 5.60 Å². The Balaban J connectivity index is 2.37. The molecule has 1 saturated heterocycles. The third kappa shape index (κ3) is 1.10. The first-order valence-electron chi connectivity index (χ1n) is 4.48. The number of hydrogen-bond acceptors (Lipinski definition) is 2. The van der Waals surface area contributed by atoms with Gasteiger partial charge in [-0.05, 0) is 19.4 Å². The lowest BCUT2D eigenvalue weighted by Crippen LogP contribution is -2.62. The maximum Gasteiger partial charge on any atom is 0.141 e. The fourth-order valence-corrected chi connectivity index (χ4v) is 1.64. The van der Waals surface area contributed by atoms with Gasteiger partial charge in [0.15, 0.2) is 0 Å². The molecule has 0 bridgehead atoms. The molecule has 70 valence electrons. The van der Waals surface area contributed by atoms with Gasteiger partial charge in [-0.15, -0.1) is 0 Å². The van der Waals surface area contributed by atoms with Gasteiger partial charge in [0, 0.05) is 0 Å². The van der Waals surface area contributed by atoms with Crippen molar-refractivity contribution >= 4 is 0 Å². The molecule has 1 aliphatic rings. The summed E-state index contributed by atoms with van der Waals surface area (Å²) in [5.74, 6) is 0. The first-order chi connectivity index (χ1) is 6.06. The molecule has 0 spiro atoms. The van der Waals surface area contributed by atoms with Gasteiger partial charge in [-0.3, -0.25) is 0 Å². The lowest BCUT2D eigenvalue weighted by atomic mass is 9.76. The molecular weight excluding hydrogens is 164 g/mol. The number of ether oxygens (including phenoxy) is 1. The van der Waals surface area contributed by atoms with Gasteiger partial charge >= 0.3 is 0 Å². The van der Waals surface area contributed by atoms with Crippen LogP contribution in [-0.2, 0) is 10.3 Å². The van der Waals surface area contributed by atoms with Crippen molar-refractivity contribution in [3.8, 4) is 0 Å². The summed E-state index contributed by atoms with van der Waals surface area (Å²) in [5, 5.41) is 10.3. The van der Waals surface area contributed by atoms with Crippen molar-refractivity contribution in [3.05, 3.63) is 35.9 Å². The van der Waals surface area contributed by atoms with Gasteiger partial charge in [0.25, 0.3) is 0 Å². The average molecular weight is 178 g/mol. The molecule has 1 heterocycles. The molecule has 1 aromatic carbocycles. The second-order valence-electron chi connectivity index (χ2n) is 4.03. The van der Waals surface area contributed by atoms with E-state index in [4.69, 9.17) is 4.74 Å². The quantitative estimate of drug-likeness (QED) is 0.709. The van der Waals surface area contributed by atoms with E-state index in [1.807, 2.05) is 44.2 Å². The highest BCUT2D eigenvalue weighted by molar-refractivity contribution is 5.28. The molecule has 0 aromatic heterocycles. The summed E-state index contributed by atoms with van der Waals surface area (Å²) in [7, 11) is 0. The van der Waals surface area contributed by atoms with Crippen LogP contribution < -0.4 is 0 Å². The molecule has 2 nitrogen and oxygen atoms in total. The molecule has 13 heavy (non-hydrogen) atoms. The Labute approximate surface area is 78.2 Å². The van der Waals surface area contributed by atoms with Gasteiger partial charge in [-0.2, -0.15) is 0 Å². The van der Waals surface area contributed by atoms with Crippen molar-refractivity contribution in [2.75, 3.05) is 6.61 Å². The van der Waals surface area contributed by atoms with Crippen LogP contribution in [0.15, 0.2) is 30.3 Å². The second-order valence-corrected chi connectivity index (χ2v) is 4.03. The van der Waals surface area contributed by atoms with Crippen molar-refractivity contribution < 1.29 is 9.84 Å². The Morgan fingerprint density at radius 1 is 1.23 bits per heavy atom. The molecule has 1 unspecified atom stereocenters. The third-order valence-electron chi connectivity index (χ3n) is 2.89. The zero-order valence-electron chi connectivity index (χ0n) is 7.95. The number of benzene rings is 1. The highest BCUT2D eigenvalue weighted by Crippen LogP contribution is 2.44. The Kier molecular flexibility index (Phi) is 1.72. The van der Waals surface area contributed by atoms with Gasteiger partial charge < -0.3 is 9.84 Å². The minimum absolute atomic E-state index is 0.393. The van der Waals surface area contributed by atoms with E-state index in [1.54, 1.807) is 0 Å². The van der Waals surface area contributed by atoms with E-state index in [2.05, 4.69) is 0 Å². The van der Waals surface area contributed by atoms with Crippen LogP contribution >= 0.6 is 0 Å². The highest BCUT2D eigenvalue weighted by Gasteiger charge is 2.54. The monoisotopic (exact) mass is 178 g/mol. The summed E-state index contributed by atoms with van der Waals surface area (Å²) in [4.78, 5) is 0. The molecule has 0 saturated carbocycles. The SMILES string of the molecule is CC1(C)OCC1(O)c1ccccc1. The predicted molar refractivity (Wildman–Crippen MR) is 50.4 cm³/mol. The van der Waals surface area contributed by atoms with Crippen LogP contribution in [0, 0.1) is 0 Å². The van der Waals surface area contributed by atoms with Crippen LogP contribution in [-0.4, -0.2) is 17.3 Å². The fraction of sp³-hybridized carbons (Fsp3) is 0.455. The van der Waals surface area contributed by atoms with Crippen LogP contribution in [0.4, 0.5) is 0 Å². The molecule has 0 aliphatic carbocycles. The summed E-state index contributed by atoms with van der Waals surface area (Å²) in [6, 6.07) is 9.68. The van der Waals surface area contributed by atoms with Crippen LogP contribution in [0.25, 0.3) is 0 Å². The lowest BCUT2D eigenvalue weighted by Gasteiger charge is -2.52. The topological polar surface area (TPSA) is 29.5 Å². The van der Waals surface area contributed by atoms with Crippen molar-refractivity contribution in [1.29, 1.82) is 0 Å². The molecule has 1 N–H and O–H groups in total. The summed E-state index contributed by atoms with van der Waals surface area (Å²) in [5.41, 5.74) is -0.339. The van der Waals surface area contributed by atoms with Crippen LogP contribution in [0.3, 0.4) is 0 Å². The van der Waals surface area contributed by atoms with E-state index in [9.17, 15) is 5.11 Å². The Morgan fingerprint density at radius 3 is 2.23 bits per heavy atom. The van der Waals surface area contributed by atoms with Crippen molar-refractivity contribution in [1.82, 2.24) is 0 Å². The van der Waals surface area contributed by atoms with Crippen molar-refractivity contribution in [2.24, 2.45) is 0 Å². The summed E-state index contributed by atoms with van der Waals surface area (Å²) in [6.07, 6.45) is 0. The second kappa shape index (κ2) is 2.56. The van der Waals surface area contributed by atoms with Crippen LogP contribution in [0.2, 0.25) is 0 Å². The summed E-state index contributed by atoms with van der Waals surface area (Å²) >= 11 is 0. The van der Waals surface area contributed by atoms with E-state index in [1.165, 1.54) is 0 Å². The average Bonchev–Trinajstić information content (AvgIpc) is 2.16. The molecule has 1 aromatic rings. The van der Waals surface area contributed by atoms with E-state index < -0.39 is 11.2 Å². The van der Waals surface area contributed by atoms with Gasteiger partial charge in [0.05, 0.1) is 12.2 Å². The highest BCUT2D eigenvalue weighted by atomic mass is 16.6. The maximum absolute atomic E-state index is 10.3. The Bertz CT molecular complexity index is 305. The number of aliphatic hydroxyl groups is 1. The number of rotatable bonds is 1. The van der Waals surface area contributed by atoms with Crippen molar-refractivity contribution in [3.63, 3.8) is 0 Å². The largest absolute Gasteiger partial charge is 0.380 e. The minimum Gasteiger partial charge on any atom is -0.380 e. The molecule has 1 aliphatic heterocycles. The van der Waals surface area contributed by atoms with Gasteiger partial charge in [0.2, 0.25) is 0 Å². The third-order valence-corrected chi connectivity index (χ3v) is 2.89. The molecule has 1 fully saturated rings. The van der Waals surface area contributed by atoms with E-state index >= 15 is 0 Å². The first-order valence-corrected chi connectivity index (χ1v) is 4.48. The molecule has 1 atom stereocenters. The molecule has 2 heteroatoms. The fourth-order valence-electron chi connectivity index (χ4n) is 1.64.